The second-order valence-corrected chi connectivity index (χ2v) is 7.16. The van der Waals surface area contributed by atoms with Gasteiger partial charge >= 0.3 is 0 Å². The van der Waals surface area contributed by atoms with E-state index in [1.54, 1.807) is 11.0 Å². The zero-order chi connectivity index (χ0) is 18.3. The van der Waals surface area contributed by atoms with Crippen LogP contribution in [-0.2, 0) is 11.3 Å². The van der Waals surface area contributed by atoms with Gasteiger partial charge in [-0.05, 0) is 29.7 Å². The van der Waals surface area contributed by atoms with Crippen molar-refractivity contribution in [1.29, 1.82) is 0 Å². The number of amides is 2. The molecule has 4 rings (SSSR count). The highest BCUT2D eigenvalue weighted by molar-refractivity contribution is 6.33. The summed E-state index contributed by atoms with van der Waals surface area (Å²) in [4.78, 5) is 36.1. The molecule has 0 radical (unpaired) electrons. The van der Waals surface area contributed by atoms with E-state index >= 15 is 0 Å². The van der Waals surface area contributed by atoms with Crippen LogP contribution in [0, 0.1) is 0 Å². The van der Waals surface area contributed by atoms with Crippen LogP contribution >= 0.6 is 23.2 Å². The molecule has 2 aliphatic heterocycles. The molecule has 0 spiro atoms. The number of carbonyl (C=O) groups is 2. The van der Waals surface area contributed by atoms with Crippen molar-refractivity contribution in [2.24, 2.45) is 0 Å². The maximum absolute atomic E-state index is 12.7. The van der Waals surface area contributed by atoms with Crippen LogP contribution in [0.3, 0.4) is 0 Å². The zero-order valence-corrected chi connectivity index (χ0v) is 15.4. The van der Waals surface area contributed by atoms with Crippen molar-refractivity contribution in [1.82, 2.24) is 19.8 Å². The first kappa shape index (κ1) is 17.2. The van der Waals surface area contributed by atoms with Crippen LogP contribution in [0.1, 0.15) is 28.8 Å². The van der Waals surface area contributed by atoms with E-state index in [2.05, 4.69) is 9.97 Å². The molecule has 1 saturated heterocycles. The summed E-state index contributed by atoms with van der Waals surface area (Å²) in [6.45, 7) is 2.45. The van der Waals surface area contributed by atoms with Crippen molar-refractivity contribution >= 4 is 35.0 Å². The third-order valence-corrected chi connectivity index (χ3v) is 5.25. The summed E-state index contributed by atoms with van der Waals surface area (Å²) in [5.41, 5.74) is 2.83. The molecular weight excluding hydrogens is 375 g/mol. The Morgan fingerprint density at radius 3 is 2.69 bits per heavy atom. The maximum Gasteiger partial charge on any atom is 0.254 e. The fourth-order valence-corrected chi connectivity index (χ4v) is 3.75. The summed E-state index contributed by atoms with van der Waals surface area (Å²) in [6.07, 6.45) is 2.96. The van der Waals surface area contributed by atoms with Gasteiger partial charge < -0.3 is 9.80 Å². The van der Waals surface area contributed by atoms with Crippen LogP contribution in [-0.4, -0.2) is 51.2 Å². The van der Waals surface area contributed by atoms with Crippen LogP contribution < -0.4 is 0 Å². The highest BCUT2D eigenvalue weighted by Crippen LogP contribution is 2.31. The van der Waals surface area contributed by atoms with Crippen molar-refractivity contribution in [2.45, 2.75) is 19.4 Å². The summed E-state index contributed by atoms with van der Waals surface area (Å²) in [5.74, 6) is 0.136. The van der Waals surface area contributed by atoms with Crippen molar-refractivity contribution in [3.63, 3.8) is 0 Å². The highest BCUT2D eigenvalue weighted by Gasteiger charge is 2.29. The molecule has 26 heavy (non-hydrogen) atoms. The molecule has 0 aliphatic carbocycles. The molecular formula is C18H16Cl2N4O2. The third-order valence-electron chi connectivity index (χ3n) is 4.79. The topological polar surface area (TPSA) is 66.4 Å². The summed E-state index contributed by atoms with van der Waals surface area (Å²) < 4.78 is 0. The maximum atomic E-state index is 12.7. The fraction of sp³-hybridized carbons (Fsp3) is 0.333. The molecule has 0 saturated carbocycles. The van der Waals surface area contributed by atoms with Crippen LogP contribution in [0.5, 0.6) is 0 Å². The van der Waals surface area contributed by atoms with E-state index in [0.717, 1.165) is 24.1 Å². The molecule has 6 nitrogen and oxygen atoms in total. The Morgan fingerprint density at radius 2 is 1.92 bits per heavy atom. The number of hydrogen-bond donors (Lipinski definition) is 0. The minimum absolute atomic E-state index is 0.0372. The number of fused-ring (bicyclic) bond motifs is 1. The predicted octanol–water partition coefficient (Wildman–Crippen LogP) is 3.03. The number of aromatic nitrogens is 2. The molecule has 1 fully saturated rings. The number of rotatable bonds is 4. The van der Waals surface area contributed by atoms with Gasteiger partial charge in [0.05, 0.1) is 16.9 Å². The van der Waals surface area contributed by atoms with E-state index in [0.29, 0.717) is 42.3 Å². The average Bonchev–Trinajstić information content (AvgIpc) is 3.18. The standard InChI is InChI=1S/C18H16Cl2N4O2/c19-14-9-21-18(20)22-16(14)11-3-4-12-10-24(17(26)13(12)8-11)7-6-23-5-1-2-15(23)25/h3-4,8-9H,1-2,5-7,10H2. The first-order valence-electron chi connectivity index (χ1n) is 8.41. The molecule has 1 aromatic heterocycles. The molecule has 3 heterocycles. The number of benzene rings is 1. The van der Waals surface area contributed by atoms with E-state index in [4.69, 9.17) is 23.2 Å². The van der Waals surface area contributed by atoms with Gasteiger partial charge in [-0.15, -0.1) is 0 Å². The Hall–Kier alpha value is -2.18. The molecule has 134 valence electrons. The predicted molar refractivity (Wildman–Crippen MR) is 98.0 cm³/mol. The lowest BCUT2D eigenvalue weighted by atomic mass is 10.0. The lowest BCUT2D eigenvalue weighted by Gasteiger charge is -2.21. The van der Waals surface area contributed by atoms with Crippen molar-refractivity contribution in [3.8, 4) is 11.3 Å². The third kappa shape index (κ3) is 3.15. The number of carbonyl (C=O) groups excluding carboxylic acids is 2. The molecule has 0 unspecified atom stereocenters. The summed E-state index contributed by atoms with van der Waals surface area (Å²) in [7, 11) is 0. The van der Waals surface area contributed by atoms with E-state index in [9.17, 15) is 9.59 Å². The Kier molecular flexibility index (Phi) is 4.54. The zero-order valence-electron chi connectivity index (χ0n) is 13.9. The Morgan fingerprint density at radius 1 is 1.12 bits per heavy atom. The highest BCUT2D eigenvalue weighted by atomic mass is 35.5. The van der Waals surface area contributed by atoms with E-state index < -0.39 is 0 Å². The van der Waals surface area contributed by atoms with E-state index in [1.165, 1.54) is 6.20 Å². The second-order valence-electron chi connectivity index (χ2n) is 6.42. The lowest BCUT2D eigenvalue weighted by Crippen LogP contribution is -2.35. The SMILES string of the molecule is O=C1CCCN1CCN1Cc2ccc(-c3nc(Cl)ncc3Cl)cc2C1=O. The van der Waals surface area contributed by atoms with Gasteiger partial charge in [-0.3, -0.25) is 9.59 Å². The van der Waals surface area contributed by atoms with Gasteiger partial charge in [-0.25, -0.2) is 9.97 Å². The van der Waals surface area contributed by atoms with Gasteiger partial charge in [0.2, 0.25) is 11.2 Å². The first-order valence-corrected chi connectivity index (χ1v) is 9.17. The molecule has 1 aromatic carbocycles. The van der Waals surface area contributed by atoms with E-state index in [-0.39, 0.29) is 17.1 Å². The minimum atomic E-state index is -0.0372. The van der Waals surface area contributed by atoms with Crippen LogP contribution in [0.25, 0.3) is 11.3 Å². The van der Waals surface area contributed by atoms with Gasteiger partial charge in [0, 0.05) is 43.7 Å². The average molecular weight is 391 g/mol. The van der Waals surface area contributed by atoms with Gasteiger partial charge in [-0.2, -0.15) is 0 Å². The van der Waals surface area contributed by atoms with Crippen LogP contribution in [0.15, 0.2) is 24.4 Å². The number of halogens is 2. The molecule has 2 amide bonds. The Bertz CT molecular complexity index is 903. The molecule has 0 bridgehead atoms. The smallest absolute Gasteiger partial charge is 0.254 e. The Labute approximate surface area is 160 Å². The number of hydrogen-bond acceptors (Lipinski definition) is 4. The largest absolute Gasteiger partial charge is 0.341 e. The van der Waals surface area contributed by atoms with Crippen molar-refractivity contribution in [3.05, 3.63) is 45.8 Å². The van der Waals surface area contributed by atoms with Gasteiger partial charge in [0.15, 0.2) is 0 Å². The van der Waals surface area contributed by atoms with Crippen LogP contribution in [0.2, 0.25) is 10.3 Å². The first-order chi connectivity index (χ1) is 12.5. The minimum Gasteiger partial charge on any atom is -0.341 e. The summed E-state index contributed by atoms with van der Waals surface area (Å²) >= 11 is 12.0. The molecule has 0 atom stereocenters. The second kappa shape index (κ2) is 6.85. The van der Waals surface area contributed by atoms with Gasteiger partial charge in [0.1, 0.15) is 0 Å². The summed E-state index contributed by atoms with van der Waals surface area (Å²) in [6, 6.07) is 5.59. The summed E-state index contributed by atoms with van der Waals surface area (Å²) in [5, 5.41) is 0.484. The lowest BCUT2D eigenvalue weighted by molar-refractivity contribution is -0.127. The fourth-order valence-electron chi connectivity index (χ4n) is 3.42. The van der Waals surface area contributed by atoms with E-state index in [1.807, 2.05) is 17.0 Å². The van der Waals surface area contributed by atoms with Crippen molar-refractivity contribution < 1.29 is 9.59 Å². The van der Waals surface area contributed by atoms with Crippen LogP contribution in [0.4, 0.5) is 0 Å². The van der Waals surface area contributed by atoms with Crippen molar-refractivity contribution in [2.75, 3.05) is 19.6 Å². The number of nitrogens with zero attached hydrogens (tertiary/aromatic N) is 4. The normalized spacial score (nSPS) is 16.5. The molecule has 2 aromatic rings. The molecule has 2 aliphatic rings. The molecule has 0 N–H and O–H groups in total. The monoisotopic (exact) mass is 390 g/mol. The van der Waals surface area contributed by atoms with Gasteiger partial charge in [-0.1, -0.05) is 23.7 Å². The quantitative estimate of drug-likeness (QED) is 0.752. The number of likely N-dealkylation sites (tertiary alicyclic amines) is 1. The molecule has 8 heteroatoms. The van der Waals surface area contributed by atoms with Gasteiger partial charge in [0.25, 0.3) is 5.91 Å². The Balaban J connectivity index is 1.53.